The lowest BCUT2D eigenvalue weighted by atomic mass is 10.1. The number of carboxylic acids is 1. The predicted molar refractivity (Wildman–Crippen MR) is 86.7 cm³/mol. The molecule has 0 saturated heterocycles. The number of hydrogen-bond acceptors (Lipinski definition) is 5. The van der Waals surface area contributed by atoms with Crippen LogP contribution in [0, 0.1) is 17.0 Å². The Bertz CT molecular complexity index is 653. The number of aryl methyl sites for hydroxylation is 1. The number of anilines is 1. The van der Waals surface area contributed by atoms with Gasteiger partial charge in [-0.3, -0.25) is 19.8 Å². The Morgan fingerprint density at radius 1 is 1.39 bits per heavy atom. The van der Waals surface area contributed by atoms with Crippen molar-refractivity contribution in [3.63, 3.8) is 0 Å². The van der Waals surface area contributed by atoms with Crippen LogP contribution in [0.15, 0.2) is 16.6 Å². The lowest BCUT2D eigenvalue weighted by molar-refractivity contribution is -0.384. The van der Waals surface area contributed by atoms with E-state index in [1.54, 1.807) is 33.8 Å². The molecule has 0 heterocycles. The van der Waals surface area contributed by atoms with Gasteiger partial charge >= 0.3 is 12.1 Å². The van der Waals surface area contributed by atoms with Gasteiger partial charge in [-0.2, -0.15) is 0 Å². The summed E-state index contributed by atoms with van der Waals surface area (Å²) in [6, 6.07) is 2.82. The fraction of sp³-hybridized carbons (Fsp3) is 0.429. The van der Waals surface area contributed by atoms with Crippen molar-refractivity contribution in [1.82, 2.24) is 0 Å². The summed E-state index contributed by atoms with van der Waals surface area (Å²) >= 11 is 3.16. The van der Waals surface area contributed by atoms with Crippen LogP contribution in [0.3, 0.4) is 0 Å². The molecule has 1 aromatic carbocycles. The second kappa shape index (κ2) is 6.95. The Labute approximate surface area is 141 Å². The van der Waals surface area contributed by atoms with Crippen molar-refractivity contribution in [3.8, 4) is 0 Å². The average Bonchev–Trinajstić information content (AvgIpc) is 2.33. The van der Waals surface area contributed by atoms with Crippen molar-refractivity contribution >= 4 is 39.4 Å². The molecule has 0 bridgehead atoms. The van der Waals surface area contributed by atoms with Crippen LogP contribution in [0.25, 0.3) is 0 Å². The first-order chi connectivity index (χ1) is 10.4. The predicted octanol–water partition coefficient (Wildman–Crippen LogP) is 3.49. The van der Waals surface area contributed by atoms with Gasteiger partial charge in [0.25, 0.3) is 5.69 Å². The third-order valence-corrected chi connectivity index (χ3v) is 3.17. The van der Waals surface area contributed by atoms with Crippen LogP contribution in [-0.4, -0.2) is 34.2 Å². The molecular weight excluding hydrogens is 372 g/mol. The molecular formula is C14H17BrN2O6. The van der Waals surface area contributed by atoms with E-state index in [-0.39, 0.29) is 15.8 Å². The summed E-state index contributed by atoms with van der Waals surface area (Å²) in [7, 11) is 0. The summed E-state index contributed by atoms with van der Waals surface area (Å²) in [6.45, 7) is 5.72. The number of carbonyl (C=O) groups excluding carboxylic acids is 1. The first-order valence-corrected chi connectivity index (χ1v) is 7.38. The third-order valence-electron chi connectivity index (χ3n) is 2.56. The van der Waals surface area contributed by atoms with Crippen molar-refractivity contribution in [2.45, 2.75) is 33.3 Å². The Morgan fingerprint density at radius 3 is 2.39 bits per heavy atom. The second-order valence-electron chi connectivity index (χ2n) is 5.83. The minimum absolute atomic E-state index is 0.155. The number of ether oxygens (including phenoxy) is 1. The van der Waals surface area contributed by atoms with Crippen LogP contribution >= 0.6 is 15.9 Å². The lowest BCUT2D eigenvalue weighted by Gasteiger charge is -2.26. The summed E-state index contributed by atoms with van der Waals surface area (Å²) in [6.07, 6.45) is -0.979. The van der Waals surface area contributed by atoms with Crippen LogP contribution in [-0.2, 0) is 9.53 Å². The van der Waals surface area contributed by atoms with Crippen molar-refractivity contribution in [3.05, 3.63) is 32.3 Å². The highest BCUT2D eigenvalue weighted by Gasteiger charge is 2.32. The number of nitro groups is 1. The molecule has 0 spiro atoms. The van der Waals surface area contributed by atoms with Gasteiger partial charge in [-0.1, -0.05) is 0 Å². The first kappa shape index (κ1) is 18.9. The average molecular weight is 389 g/mol. The number of amides is 1. The van der Waals surface area contributed by atoms with Crippen molar-refractivity contribution in [2.75, 3.05) is 11.4 Å². The number of aliphatic carboxylic acids is 1. The topological polar surface area (TPSA) is 110 Å². The fourth-order valence-electron chi connectivity index (χ4n) is 1.81. The molecule has 126 valence electrons. The summed E-state index contributed by atoms with van der Waals surface area (Å²) in [5.74, 6) is -1.32. The maximum Gasteiger partial charge on any atom is 0.415 e. The fourth-order valence-corrected chi connectivity index (χ4v) is 2.59. The summed E-state index contributed by atoms with van der Waals surface area (Å²) in [5.41, 5.74) is -0.826. The third kappa shape index (κ3) is 5.20. The molecule has 23 heavy (non-hydrogen) atoms. The van der Waals surface area contributed by atoms with Gasteiger partial charge in [0.2, 0.25) is 0 Å². The molecule has 0 radical (unpaired) electrons. The van der Waals surface area contributed by atoms with E-state index in [9.17, 15) is 19.7 Å². The monoisotopic (exact) mass is 388 g/mol. The molecule has 0 aliphatic rings. The minimum Gasteiger partial charge on any atom is -0.480 e. The van der Waals surface area contributed by atoms with Crippen LogP contribution < -0.4 is 4.90 Å². The van der Waals surface area contributed by atoms with Gasteiger partial charge in [-0.05, 0) is 55.3 Å². The SMILES string of the molecule is Cc1cc(Br)c(N(CC(=O)O)C(=O)OC(C)(C)C)c([N+](=O)[O-])c1. The molecule has 1 rings (SSSR count). The molecule has 0 fully saturated rings. The minimum atomic E-state index is -1.32. The van der Waals surface area contributed by atoms with E-state index in [2.05, 4.69) is 15.9 Å². The van der Waals surface area contributed by atoms with Crippen molar-refractivity contribution < 1.29 is 24.4 Å². The van der Waals surface area contributed by atoms with Gasteiger partial charge in [0, 0.05) is 10.5 Å². The summed E-state index contributed by atoms with van der Waals surface area (Å²) in [4.78, 5) is 34.7. The molecule has 0 atom stereocenters. The smallest absolute Gasteiger partial charge is 0.415 e. The van der Waals surface area contributed by atoms with Crippen LogP contribution in [0.5, 0.6) is 0 Å². The highest BCUT2D eigenvalue weighted by molar-refractivity contribution is 9.10. The molecule has 0 aliphatic carbocycles. The van der Waals surface area contributed by atoms with Crippen LogP contribution in [0.1, 0.15) is 26.3 Å². The van der Waals surface area contributed by atoms with Gasteiger partial charge in [0.15, 0.2) is 0 Å². The number of rotatable bonds is 4. The quantitative estimate of drug-likeness (QED) is 0.624. The molecule has 1 aromatic rings. The van der Waals surface area contributed by atoms with E-state index in [1.807, 2.05) is 0 Å². The van der Waals surface area contributed by atoms with Crippen molar-refractivity contribution in [1.29, 1.82) is 0 Å². The van der Waals surface area contributed by atoms with E-state index in [0.29, 0.717) is 5.56 Å². The van der Waals surface area contributed by atoms with E-state index in [4.69, 9.17) is 9.84 Å². The maximum atomic E-state index is 12.3. The van der Waals surface area contributed by atoms with Crippen LogP contribution in [0.2, 0.25) is 0 Å². The molecule has 1 N–H and O–H groups in total. The van der Waals surface area contributed by atoms with E-state index in [0.717, 1.165) is 4.90 Å². The molecule has 0 aromatic heterocycles. The van der Waals surface area contributed by atoms with E-state index < -0.39 is 29.1 Å². The summed E-state index contributed by atoms with van der Waals surface area (Å²) in [5, 5.41) is 20.3. The largest absolute Gasteiger partial charge is 0.480 e. The highest BCUT2D eigenvalue weighted by atomic mass is 79.9. The molecule has 8 nitrogen and oxygen atoms in total. The van der Waals surface area contributed by atoms with Crippen LogP contribution in [0.4, 0.5) is 16.2 Å². The molecule has 0 aliphatic heterocycles. The Morgan fingerprint density at radius 2 is 1.96 bits per heavy atom. The van der Waals surface area contributed by atoms with E-state index >= 15 is 0 Å². The zero-order valence-electron chi connectivity index (χ0n) is 13.1. The number of carboxylic acid groups (broad SMARTS) is 1. The standard InChI is InChI=1S/C14H17BrN2O6/c1-8-5-9(15)12(10(6-8)17(21)22)16(7-11(18)19)13(20)23-14(2,3)4/h5-6H,7H2,1-4H3,(H,18,19). The number of halogens is 1. The second-order valence-corrected chi connectivity index (χ2v) is 6.69. The normalized spacial score (nSPS) is 11.0. The number of nitro benzene ring substituents is 1. The maximum absolute atomic E-state index is 12.3. The van der Waals surface area contributed by atoms with Crippen molar-refractivity contribution in [2.24, 2.45) is 0 Å². The first-order valence-electron chi connectivity index (χ1n) is 6.59. The van der Waals surface area contributed by atoms with Gasteiger partial charge in [0.05, 0.1) is 4.92 Å². The number of nitrogens with zero attached hydrogens (tertiary/aromatic N) is 2. The Kier molecular flexibility index (Phi) is 5.70. The molecule has 1 amide bonds. The summed E-state index contributed by atoms with van der Waals surface area (Å²) < 4.78 is 5.39. The zero-order chi connectivity index (χ0) is 17.9. The van der Waals surface area contributed by atoms with Gasteiger partial charge in [0.1, 0.15) is 17.8 Å². The van der Waals surface area contributed by atoms with Gasteiger partial charge < -0.3 is 9.84 Å². The van der Waals surface area contributed by atoms with Gasteiger partial charge in [-0.15, -0.1) is 0 Å². The molecule has 0 saturated carbocycles. The number of carbonyl (C=O) groups is 2. The Balaban J connectivity index is 3.46. The van der Waals surface area contributed by atoms with E-state index in [1.165, 1.54) is 6.07 Å². The number of hydrogen-bond donors (Lipinski definition) is 1. The zero-order valence-corrected chi connectivity index (χ0v) is 14.7. The lowest BCUT2D eigenvalue weighted by Crippen LogP contribution is -2.40. The molecule has 9 heteroatoms. The highest BCUT2D eigenvalue weighted by Crippen LogP contribution is 2.37. The number of benzene rings is 1. The molecule has 0 unspecified atom stereocenters. The van der Waals surface area contributed by atoms with Gasteiger partial charge in [-0.25, -0.2) is 4.79 Å². The Hall–Kier alpha value is -2.16.